The Balaban J connectivity index is 0.00000392. The summed E-state index contributed by atoms with van der Waals surface area (Å²) in [7, 11) is -1.54. The van der Waals surface area contributed by atoms with E-state index < -0.39 is 14.6 Å². The standard InChI is InChI=1S/C18H27Cl2N3O3S.HI/c1-21-17(22-9-3-4-14-5-6-15(19)12-16(14)20)23-13-18(27(2,24)25)7-10-26-11-8-18;/h5-6,12H,3-4,7-11,13H2,1-2H3,(H2,21,22,23);1H. The summed E-state index contributed by atoms with van der Waals surface area (Å²) in [6.07, 6.45) is 3.94. The van der Waals surface area contributed by atoms with Crippen LogP contribution in [0.1, 0.15) is 24.8 Å². The predicted molar refractivity (Wildman–Crippen MR) is 127 cm³/mol. The van der Waals surface area contributed by atoms with Gasteiger partial charge in [0.25, 0.3) is 0 Å². The third-order valence-electron chi connectivity index (χ3n) is 4.92. The molecule has 0 amide bonds. The molecule has 1 fully saturated rings. The average Bonchev–Trinajstić information content (AvgIpc) is 2.62. The lowest BCUT2D eigenvalue weighted by atomic mass is 9.99. The number of aryl methyl sites for hydroxylation is 1. The number of aliphatic imine (C=N–C) groups is 1. The Bertz CT molecular complexity index is 769. The monoisotopic (exact) mass is 563 g/mol. The van der Waals surface area contributed by atoms with Crippen LogP contribution < -0.4 is 10.6 Å². The Kier molecular flexibility index (Phi) is 10.8. The number of hydrogen-bond donors (Lipinski definition) is 2. The molecule has 0 saturated carbocycles. The van der Waals surface area contributed by atoms with E-state index in [1.54, 1.807) is 13.1 Å². The van der Waals surface area contributed by atoms with Gasteiger partial charge in [-0.1, -0.05) is 29.3 Å². The number of rotatable bonds is 7. The van der Waals surface area contributed by atoms with Gasteiger partial charge in [0.05, 0.1) is 4.75 Å². The predicted octanol–water partition coefficient (Wildman–Crippen LogP) is 3.30. The minimum Gasteiger partial charge on any atom is -0.381 e. The van der Waals surface area contributed by atoms with Crippen LogP contribution >= 0.6 is 47.2 Å². The van der Waals surface area contributed by atoms with E-state index in [1.165, 1.54) is 6.26 Å². The summed E-state index contributed by atoms with van der Waals surface area (Å²) in [4.78, 5) is 4.18. The summed E-state index contributed by atoms with van der Waals surface area (Å²) in [6.45, 7) is 1.93. The molecule has 2 N–H and O–H groups in total. The topological polar surface area (TPSA) is 79.8 Å². The zero-order valence-electron chi connectivity index (χ0n) is 16.1. The third-order valence-corrected chi connectivity index (χ3v) is 7.64. The quantitative estimate of drug-likeness (QED) is 0.230. The fourth-order valence-electron chi connectivity index (χ4n) is 3.10. The summed E-state index contributed by atoms with van der Waals surface area (Å²) < 4.78 is 29.1. The molecule has 0 spiro atoms. The van der Waals surface area contributed by atoms with Crippen molar-refractivity contribution in [2.75, 3.05) is 39.6 Å². The van der Waals surface area contributed by atoms with E-state index in [0.717, 1.165) is 18.4 Å². The van der Waals surface area contributed by atoms with Gasteiger partial charge in [-0.25, -0.2) is 8.42 Å². The molecule has 0 radical (unpaired) electrons. The number of ether oxygens (including phenoxy) is 1. The lowest BCUT2D eigenvalue weighted by Gasteiger charge is -2.35. The molecule has 10 heteroatoms. The molecule has 28 heavy (non-hydrogen) atoms. The highest BCUT2D eigenvalue weighted by molar-refractivity contribution is 14.0. The van der Waals surface area contributed by atoms with E-state index in [1.807, 2.05) is 12.1 Å². The second kappa shape index (κ2) is 11.8. The Hall–Kier alpha value is -0.290. The molecule has 0 unspecified atom stereocenters. The van der Waals surface area contributed by atoms with Crippen molar-refractivity contribution in [2.24, 2.45) is 4.99 Å². The molecule has 0 aliphatic carbocycles. The van der Waals surface area contributed by atoms with Gasteiger partial charge in [0.15, 0.2) is 15.8 Å². The van der Waals surface area contributed by atoms with Crippen molar-refractivity contribution in [3.63, 3.8) is 0 Å². The summed E-state index contributed by atoms with van der Waals surface area (Å²) in [5.74, 6) is 0.590. The number of benzene rings is 1. The van der Waals surface area contributed by atoms with Gasteiger partial charge in [0.2, 0.25) is 0 Å². The first-order chi connectivity index (χ1) is 12.8. The first-order valence-corrected chi connectivity index (χ1v) is 11.6. The molecule has 1 saturated heterocycles. The lowest BCUT2D eigenvalue weighted by molar-refractivity contribution is 0.0756. The Morgan fingerprint density at radius 1 is 1.25 bits per heavy atom. The molecular weight excluding hydrogens is 536 g/mol. The minimum absolute atomic E-state index is 0. The van der Waals surface area contributed by atoms with Crippen LogP contribution in [0.4, 0.5) is 0 Å². The van der Waals surface area contributed by atoms with Crippen LogP contribution in [0.5, 0.6) is 0 Å². The summed E-state index contributed by atoms with van der Waals surface area (Å²) in [5.41, 5.74) is 1.05. The SMILES string of the molecule is CN=C(NCCCc1ccc(Cl)cc1Cl)NCC1(S(C)(=O)=O)CCOCC1.I. The third kappa shape index (κ3) is 7.19. The molecular formula is C18H28Cl2IN3O3S. The van der Waals surface area contributed by atoms with Crippen LogP contribution in [0.25, 0.3) is 0 Å². The number of guanidine groups is 1. The lowest BCUT2D eigenvalue weighted by Crippen LogP contribution is -2.53. The zero-order valence-corrected chi connectivity index (χ0v) is 20.8. The van der Waals surface area contributed by atoms with Crippen LogP contribution in [0, 0.1) is 0 Å². The first kappa shape index (κ1) is 25.7. The molecule has 1 aromatic carbocycles. The van der Waals surface area contributed by atoms with E-state index in [-0.39, 0.29) is 24.0 Å². The van der Waals surface area contributed by atoms with Gasteiger partial charge in [-0.3, -0.25) is 4.99 Å². The second-order valence-electron chi connectivity index (χ2n) is 6.76. The van der Waals surface area contributed by atoms with Crippen molar-refractivity contribution >= 4 is 63.0 Å². The number of halogens is 3. The molecule has 160 valence electrons. The van der Waals surface area contributed by atoms with E-state index in [4.69, 9.17) is 27.9 Å². The summed E-state index contributed by atoms with van der Waals surface area (Å²) in [5, 5.41) is 7.68. The average molecular weight is 564 g/mol. The fraction of sp³-hybridized carbons (Fsp3) is 0.611. The molecule has 1 aromatic rings. The zero-order chi connectivity index (χ0) is 19.9. The van der Waals surface area contributed by atoms with Crippen LogP contribution in [0.2, 0.25) is 10.0 Å². The van der Waals surface area contributed by atoms with Crippen LogP contribution in [0.3, 0.4) is 0 Å². The van der Waals surface area contributed by atoms with Crippen molar-refractivity contribution in [3.05, 3.63) is 33.8 Å². The van der Waals surface area contributed by atoms with Crippen LogP contribution in [0.15, 0.2) is 23.2 Å². The molecule has 1 heterocycles. The molecule has 0 atom stereocenters. The number of nitrogens with one attached hydrogen (secondary N) is 2. The maximum atomic E-state index is 12.3. The van der Waals surface area contributed by atoms with Gasteiger partial charge in [0, 0.05) is 49.7 Å². The molecule has 0 bridgehead atoms. The highest BCUT2D eigenvalue weighted by atomic mass is 127. The van der Waals surface area contributed by atoms with Gasteiger partial charge in [-0.2, -0.15) is 0 Å². The van der Waals surface area contributed by atoms with E-state index in [2.05, 4.69) is 15.6 Å². The fourth-order valence-corrected chi connectivity index (χ4v) is 4.84. The van der Waals surface area contributed by atoms with Crippen molar-refractivity contribution in [3.8, 4) is 0 Å². The maximum absolute atomic E-state index is 12.3. The Morgan fingerprint density at radius 2 is 1.93 bits per heavy atom. The second-order valence-corrected chi connectivity index (χ2v) is 10.0. The van der Waals surface area contributed by atoms with E-state index in [9.17, 15) is 8.42 Å². The number of nitrogens with zero attached hydrogens (tertiary/aromatic N) is 1. The van der Waals surface area contributed by atoms with Gasteiger partial charge in [-0.15, -0.1) is 24.0 Å². The van der Waals surface area contributed by atoms with Gasteiger partial charge in [0.1, 0.15) is 0 Å². The normalized spacial score (nSPS) is 16.9. The van der Waals surface area contributed by atoms with Crippen molar-refractivity contribution < 1.29 is 13.2 Å². The van der Waals surface area contributed by atoms with Crippen molar-refractivity contribution in [1.29, 1.82) is 0 Å². The molecule has 0 aromatic heterocycles. The highest BCUT2D eigenvalue weighted by Crippen LogP contribution is 2.28. The molecule has 6 nitrogen and oxygen atoms in total. The first-order valence-electron chi connectivity index (χ1n) is 8.93. The van der Waals surface area contributed by atoms with Crippen LogP contribution in [-0.4, -0.2) is 58.7 Å². The van der Waals surface area contributed by atoms with Crippen LogP contribution in [-0.2, 0) is 21.0 Å². The van der Waals surface area contributed by atoms with Gasteiger partial charge < -0.3 is 15.4 Å². The number of hydrogen-bond acceptors (Lipinski definition) is 4. The van der Waals surface area contributed by atoms with Crippen molar-refractivity contribution in [2.45, 2.75) is 30.4 Å². The molecule has 2 rings (SSSR count). The van der Waals surface area contributed by atoms with E-state index in [0.29, 0.717) is 55.1 Å². The summed E-state index contributed by atoms with van der Waals surface area (Å²) in [6, 6.07) is 5.50. The highest BCUT2D eigenvalue weighted by Gasteiger charge is 2.42. The van der Waals surface area contributed by atoms with Crippen molar-refractivity contribution in [1.82, 2.24) is 10.6 Å². The summed E-state index contributed by atoms with van der Waals surface area (Å²) >= 11 is 12.1. The Morgan fingerprint density at radius 3 is 2.50 bits per heavy atom. The maximum Gasteiger partial charge on any atom is 0.191 e. The molecule has 1 aliphatic rings. The molecule has 1 aliphatic heterocycles. The van der Waals surface area contributed by atoms with Gasteiger partial charge >= 0.3 is 0 Å². The number of sulfone groups is 1. The largest absolute Gasteiger partial charge is 0.381 e. The smallest absolute Gasteiger partial charge is 0.191 e. The van der Waals surface area contributed by atoms with E-state index >= 15 is 0 Å². The van der Waals surface area contributed by atoms with Gasteiger partial charge in [-0.05, 0) is 43.4 Å². The minimum atomic E-state index is -3.21. The Labute approximate surface area is 194 Å².